The summed E-state index contributed by atoms with van der Waals surface area (Å²) in [6.07, 6.45) is 0. The van der Waals surface area contributed by atoms with Gasteiger partial charge in [0.2, 0.25) is 0 Å². The summed E-state index contributed by atoms with van der Waals surface area (Å²) in [7, 11) is -1.74. The largest absolute Gasteiger partial charge is 0.537 e. The van der Waals surface area contributed by atoms with Crippen molar-refractivity contribution in [3.05, 3.63) is 89.4 Å². The van der Waals surface area contributed by atoms with Crippen molar-refractivity contribution >= 4 is 35.3 Å². The van der Waals surface area contributed by atoms with E-state index in [0.717, 1.165) is 10.2 Å². The third-order valence-corrected chi connectivity index (χ3v) is 6.41. The van der Waals surface area contributed by atoms with E-state index in [4.69, 9.17) is 4.43 Å². The average Bonchev–Trinajstić information content (AvgIpc) is 2.56. The van der Waals surface area contributed by atoms with Gasteiger partial charge in [-0.2, -0.15) is 0 Å². The summed E-state index contributed by atoms with van der Waals surface area (Å²) < 4.78 is 7.40. The van der Waals surface area contributed by atoms with Crippen LogP contribution in [-0.4, -0.2) is 9.04 Å². The molecule has 3 aromatic carbocycles. The molecule has 1 nitrogen and oxygen atoms in total. The second-order valence-corrected chi connectivity index (χ2v) is 7.93. The Morgan fingerprint density at radius 1 is 0.619 bits per heavy atom. The highest BCUT2D eigenvalue weighted by molar-refractivity contribution is 9.10. The topological polar surface area (TPSA) is 9.23 Å². The van der Waals surface area contributed by atoms with Crippen molar-refractivity contribution in [1.29, 1.82) is 0 Å². The Labute approximate surface area is 135 Å². The van der Waals surface area contributed by atoms with E-state index >= 15 is 0 Å². The number of para-hydroxylation sites is 1. The lowest BCUT2D eigenvalue weighted by atomic mass is 10.3. The maximum atomic E-state index is 6.41. The van der Waals surface area contributed by atoms with Crippen molar-refractivity contribution < 1.29 is 4.43 Å². The lowest BCUT2D eigenvalue weighted by Gasteiger charge is -2.19. The molecule has 3 aromatic rings. The van der Waals surface area contributed by atoms with Gasteiger partial charge in [-0.05, 0) is 38.4 Å². The zero-order chi connectivity index (χ0) is 14.5. The molecule has 21 heavy (non-hydrogen) atoms. The first-order valence-electron chi connectivity index (χ1n) is 6.85. The molecular formula is C18H15BrOSi. The van der Waals surface area contributed by atoms with Gasteiger partial charge in [-0.1, -0.05) is 72.8 Å². The molecule has 0 N–H and O–H groups in total. The van der Waals surface area contributed by atoms with E-state index in [2.05, 4.69) is 64.5 Å². The molecule has 104 valence electrons. The second kappa shape index (κ2) is 6.74. The first-order chi connectivity index (χ1) is 10.3. The van der Waals surface area contributed by atoms with Crippen molar-refractivity contribution in [3.63, 3.8) is 0 Å². The zero-order valence-corrected chi connectivity index (χ0v) is 14.2. The van der Waals surface area contributed by atoms with Crippen LogP contribution in [0.15, 0.2) is 89.4 Å². The standard InChI is InChI=1S/C18H15BrOSi/c19-17-13-7-8-14-18(17)20-21(15-9-3-1-4-10-15)16-11-5-2-6-12-16/h1-14,21H. The van der Waals surface area contributed by atoms with Crippen LogP contribution in [0.25, 0.3) is 0 Å². The minimum absolute atomic E-state index is 0.905. The van der Waals surface area contributed by atoms with Gasteiger partial charge in [-0.3, -0.25) is 0 Å². The number of hydrogen-bond acceptors (Lipinski definition) is 1. The Morgan fingerprint density at radius 2 is 1.10 bits per heavy atom. The second-order valence-electron chi connectivity index (χ2n) is 4.75. The molecular weight excluding hydrogens is 340 g/mol. The highest BCUT2D eigenvalue weighted by Gasteiger charge is 2.19. The molecule has 0 spiro atoms. The first kappa shape index (κ1) is 14.1. The van der Waals surface area contributed by atoms with Crippen molar-refractivity contribution in [3.8, 4) is 5.75 Å². The van der Waals surface area contributed by atoms with Crippen molar-refractivity contribution in [2.45, 2.75) is 0 Å². The molecule has 0 saturated heterocycles. The highest BCUT2D eigenvalue weighted by Crippen LogP contribution is 2.24. The Bertz CT molecular complexity index is 661. The molecule has 0 atom stereocenters. The van der Waals surface area contributed by atoms with Crippen molar-refractivity contribution in [1.82, 2.24) is 0 Å². The fraction of sp³-hybridized carbons (Fsp3) is 0. The molecule has 3 rings (SSSR count). The molecule has 0 aliphatic rings. The molecule has 0 saturated carbocycles. The Kier molecular flexibility index (Phi) is 4.53. The summed E-state index contributed by atoms with van der Waals surface area (Å²) >= 11 is 3.57. The third-order valence-electron chi connectivity index (χ3n) is 3.29. The van der Waals surface area contributed by atoms with Gasteiger partial charge in [0, 0.05) is 0 Å². The van der Waals surface area contributed by atoms with Crippen molar-refractivity contribution in [2.75, 3.05) is 0 Å². The van der Waals surface area contributed by atoms with Crippen LogP contribution in [0.5, 0.6) is 5.75 Å². The molecule has 0 radical (unpaired) electrons. The van der Waals surface area contributed by atoms with E-state index < -0.39 is 9.04 Å². The van der Waals surface area contributed by atoms with Crippen LogP contribution in [0, 0.1) is 0 Å². The number of hydrogen-bond donors (Lipinski definition) is 0. The van der Waals surface area contributed by atoms with Crippen molar-refractivity contribution in [2.24, 2.45) is 0 Å². The fourth-order valence-electron chi connectivity index (χ4n) is 2.25. The molecule has 0 aliphatic carbocycles. The van der Waals surface area contributed by atoms with Crippen LogP contribution in [0.2, 0.25) is 0 Å². The van der Waals surface area contributed by atoms with Crippen LogP contribution in [0.1, 0.15) is 0 Å². The number of halogens is 1. The molecule has 0 bridgehead atoms. The van der Waals surface area contributed by atoms with Gasteiger partial charge < -0.3 is 4.43 Å². The normalized spacial score (nSPS) is 10.6. The summed E-state index contributed by atoms with van der Waals surface area (Å²) in [5, 5.41) is 2.55. The lowest BCUT2D eigenvalue weighted by molar-refractivity contribution is 0.588. The van der Waals surface area contributed by atoms with Gasteiger partial charge in [-0.25, -0.2) is 0 Å². The van der Waals surface area contributed by atoms with Crippen LogP contribution in [-0.2, 0) is 0 Å². The van der Waals surface area contributed by atoms with E-state index in [1.807, 2.05) is 36.4 Å². The molecule has 0 aromatic heterocycles. The molecule has 0 amide bonds. The Morgan fingerprint density at radius 3 is 1.62 bits per heavy atom. The third kappa shape index (κ3) is 3.43. The van der Waals surface area contributed by atoms with E-state index in [0.29, 0.717) is 0 Å². The number of benzene rings is 3. The van der Waals surface area contributed by atoms with Gasteiger partial charge in [0.15, 0.2) is 0 Å². The predicted molar refractivity (Wildman–Crippen MR) is 94.1 cm³/mol. The highest BCUT2D eigenvalue weighted by atomic mass is 79.9. The minimum atomic E-state index is -1.74. The van der Waals surface area contributed by atoms with Gasteiger partial charge in [0.05, 0.1) is 4.47 Å². The smallest absolute Gasteiger partial charge is 0.299 e. The first-order valence-corrected chi connectivity index (χ1v) is 9.27. The molecule has 0 unspecified atom stereocenters. The van der Waals surface area contributed by atoms with E-state index in [9.17, 15) is 0 Å². The summed E-state index contributed by atoms with van der Waals surface area (Å²) in [5.74, 6) is 0.905. The van der Waals surface area contributed by atoms with Gasteiger partial charge in [0.1, 0.15) is 5.75 Å². The molecule has 3 heteroatoms. The summed E-state index contributed by atoms with van der Waals surface area (Å²) in [4.78, 5) is 0. The van der Waals surface area contributed by atoms with Crippen LogP contribution >= 0.6 is 15.9 Å². The quantitative estimate of drug-likeness (QED) is 0.652. The summed E-state index contributed by atoms with van der Waals surface area (Å²) in [6, 6.07) is 29.0. The molecule has 0 heterocycles. The predicted octanol–water partition coefficient (Wildman–Crippen LogP) is 3.37. The van der Waals surface area contributed by atoms with E-state index in [-0.39, 0.29) is 0 Å². The monoisotopic (exact) mass is 354 g/mol. The van der Waals surface area contributed by atoms with Gasteiger partial charge in [-0.15, -0.1) is 0 Å². The number of rotatable bonds is 4. The van der Waals surface area contributed by atoms with E-state index in [1.54, 1.807) is 0 Å². The van der Waals surface area contributed by atoms with E-state index in [1.165, 1.54) is 10.4 Å². The SMILES string of the molecule is Brc1ccccc1O[SiH](c1ccccc1)c1ccccc1. The van der Waals surface area contributed by atoms with Crippen LogP contribution in [0.3, 0.4) is 0 Å². The van der Waals surface area contributed by atoms with Gasteiger partial charge >= 0.3 is 0 Å². The Hall–Kier alpha value is -1.84. The maximum Gasteiger partial charge on any atom is 0.299 e. The fourth-order valence-corrected chi connectivity index (χ4v) is 5.06. The Balaban J connectivity index is 1.99. The maximum absolute atomic E-state index is 6.41. The minimum Gasteiger partial charge on any atom is -0.537 e. The van der Waals surface area contributed by atoms with Crippen LogP contribution < -0.4 is 14.8 Å². The molecule has 0 aliphatic heterocycles. The van der Waals surface area contributed by atoms with Gasteiger partial charge in [0.25, 0.3) is 9.04 Å². The lowest BCUT2D eigenvalue weighted by Crippen LogP contribution is -2.47. The summed E-state index contributed by atoms with van der Waals surface area (Å²) in [6.45, 7) is 0. The average molecular weight is 355 g/mol. The molecule has 0 fully saturated rings. The van der Waals surface area contributed by atoms with Crippen LogP contribution in [0.4, 0.5) is 0 Å². The zero-order valence-electron chi connectivity index (χ0n) is 11.4. The summed E-state index contributed by atoms with van der Waals surface area (Å²) in [5.41, 5.74) is 0.